The molecule has 0 saturated heterocycles. The lowest BCUT2D eigenvalue weighted by molar-refractivity contribution is -0.139. The van der Waals surface area contributed by atoms with E-state index in [1.165, 1.54) is 18.2 Å². The van der Waals surface area contributed by atoms with Gasteiger partial charge in [-0.25, -0.2) is 4.57 Å². The lowest BCUT2D eigenvalue weighted by Gasteiger charge is -2.15. The van der Waals surface area contributed by atoms with Gasteiger partial charge in [-0.05, 0) is 24.1 Å². The van der Waals surface area contributed by atoms with E-state index in [1.807, 2.05) is 0 Å². The zero-order chi connectivity index (χ0) is 15.3. The van der Waals surface area contributed by atoms with Crippen LogP contribution < -0.4 is 5.32 Å². The van der Waals surface area contributed by atoms with Gasteiger partial charge in [-0.2, -0.15) is 0 Å². The minimum absolute atomic E-state index is 0.0757. The summed E-state index contributed by atoms with van der Waals surface area (Å²) in [7, 11) is -4.68. The Morgan fingerprint density at radius 1 is 1.30 bits per heavy atom. The molecule has 1 unspecified atom stereocenters. The molecule has 0 aliphatic rings. The second-order valence-electron chi connectivity index (χ2n) is 3.89. The molecule has 20 heavy (non-hydrogen) atoms. The Morgan fingerprint density at radius 2 is 1.95 bits per heavy atom. The summed E-state index contributed by atoms with van der Waals surface area (Å²) in [5.41, 5.74) is 0.413. The number of carboxylic acid groups (broad SMARTS) is 1. The van der Waals surface area contributed by atoms with Crippen molar-refractivity contribution in [2.45, 2.75) is 12.5 Å². The molecule has 0 bridgehead atoms. The smallest absolute Gasteiger partial charge is 0.470 e. The fourth-order valence-electron chi connectivity index (χ4n) is 1.40. The highest BCUT2D eigenvalue weighted by Crippen LogP contribution is 2.34. The average molecular weight is 307 g/mol. The standard InChI is InChI=1S/C10H14NO8P/c12-8-2-1-6(4-9(8)13)3-7(10(14)15)11-5-19-20(16,17)18/h1-2,4,7,11-13H,3,5H2,(H,14,15)(H2,16,17,18). The molecule has 0 aliphatic heterocycles. The molecular formula is C10H14NO8P. The summed E-state index contributed by atoms with van der Waals surface area (Å²) in [6.07, 6.45) is -0.0757. The van der Waals surface area contributed by atoms with Crippen LogP contribution in [0.2, 0.25) is 0 Å². The quantitative estimate of drug-likeness (QED) is 0.227. The van der Waals surface area contributed by atoms with E-state index in [2.05, 4.69) is 9.84 Å². The molecule has 0 fully saturated rings. The van der Waals surface area contributed by atoms with Crippen molar-refractivity contribution < 1.29 is 39.0 Å². The monoisotopic (exact) mass is 307 g/mol. The van der Waals surface area contributed by atoms with Crippen molar-refractivity contribution >= 4 is 13.8 Å². The van der Waals surface area contributed by atoms with Crippen LogP contribution in [0.4, 0.5) is 0 Å². The molecule has 10 heteroatoms. The highest BCUT2D eigenvalue weighted by molar-refractivity contribution is 7.46. The number of carboxylic acids is 1. The van der Waals surface area contributed by atoms with E-state index in [1.54, 1.807) is 0 Å². The van der Waals surface area contributed by atoms with Gasteiger partial charge in [0.2, 0.25) is 0 Å². The zero-order valence-corrected chi connectivity index (χ0v) is 11.0. The third kappa shape index (κ3) is 5.55. The predicted molar refractivity (Wildman–Crippen MR) is 66.0 cm³/mol. The van der Waals surface area contributed by atoms with Crippen molar-refractivity contribution in [3.8, 4) is 11.5 Å². The van der Waals surface area contributed by atoms with Crippen LogP contribution in [-0.2, 0) is 20.3 Å². The number of phenolic OH excluding ortho intramolecular Hbond substituents is 2. The van der Waals surface area contributed by atoms with Crippen molar-refractivity contribution in [3.63, 3.8) is 0 Å². The fraction of sp³-hybridized carbons (Fsp3) is 0.300. The highest BCUT2D eigenvalue weighted by atomic mass is 31.2. The first-order valence-electron chi connectivity index (χ1n) is 5.36. The van der Waals surface area contributed by atoms with E-state index < -0.39 is 32.3 Å². The number of carbonyl (C=O) groups is 1. The number of rotatable bonds is 7. The Morgan fingerprint density at radius 3 is 2.45 bits per heavy atom. The van der Waals surface area contributed by atoms with Crippen LogP contribution in [0.5, 0.6) is 11.5 Å². The number of nitrogens with one attached hydrogen (secondary N) is 1. The molecular weight excluding hydrogens is 293 g/mol. The van der Waals surface area contributed by atoms with Crippen molar-refractivity contribution in [1.82, 2.24) is 5.32 Å². The Labute approximate surface area is 113 Å². The summed E-state index contributed by atoms with van der Waals surface area (Å²) < 4.78 is 14.5. The molecule has 0 amide bonds. The van der Waals surface area contributed by atoms with E-state index in [4.69, 9.17) is 20.0 Å². The molecule has 6 N–H and O–H groups in total. The topological polar surface area (TPSA) is 157 Å². The Kier molecular flexibility index (Phi) is 5.49. The van der Waals surface area contributed by atoms with Crippen LogP contribution in [0.3, 0.4) is 0 Å². The number of phosphoric acid groups is 1. The molecule has 1 rings (SSSR count). The molecule has 9 nitrogen and oxygen atoms in total. The first-order chi connectivity index (χ1) is 9.19. The minimum Gasteiger partial charge on any atom is -0.504 e. The van der Waals surface area contributed by atoms with Gasteiger partial charge in [0.05, 0.1) is 0 Å². The number of aliphatic carboxylic acids is 1. The van der Waals surface area contributed by atoms with E-state index in [0.29, 0.717) is 5.56 Å². The average Bonchev–Trinajstić information content (AvgIpc) is 2.30. The second-order valence-corrected chi connectivity index (χ2v) is 5.13. The number of benzene rings is 1. The molecule has 0 heterocycles. The van der Waals surface area contributed by atoms with Crippen molar-refractivity contribution in [3.05, 3.63) is 23.8 Å². The van der Waals surface area contributed by atoms with E-state index >= 15 is 0 Å². The first kappa shape index (κ1) is 16.4. The normalized spacial score (nSPS) is 13.1. The van der Waals surface area contributed by atoms with Gasteiger partial charge in [-0.3, -0.25) is 14.6 Å². The first-order valence-corrected chi connectivity index (χ1v) is 6.89. The predicted octanol–water partition coefficient (Wildman–Crippen LogP) is -0.250. The largest absolute Gasteiger partial charge is 0.504 e. The molecule has 112 valence electrons. The van der Waals surface area contributed by atoms with Gasteiger partial charge in [0.1, 0.15) is 12.8 Å². The summed E-state index contributed by atoms with van der Waals surface area (Å²) in [5, 5.41) is 29.7. The van der Waals surface area contributed by atoms with Crippen LogP contribution in [0.1, 0.15) is 5.56 Å². The van der Waals surface area contributed by atoms with Gasteiger partial charge in [-0.15, -0.1) is 0 Å². The summed E-state index contributed by atoms with van der Waals surface area (Å²) >= 11 is 0. The number of hydrogen-bond donors (Lipinski definition) is 6. The molecule has 0 aromatic heterocycles. The summed E-state index contributed by atoms with van der Waals surface area (Å²) in [6, 6.07) is 2.63. The maximum absolute atomic E-state index is 11.0. The number of phosphoric ester groups is 1. The number of aromatic hydroxyl groups is 2. The SMILES string of the molecule is O=C(O)C(Cc1ccc(O)c(O)c1)NCOP(=O)(O)O. The second kappa shape index (κ2) is 6.69. The van der Waals surface area contributed by atoms with Crippen LogP contribution in [-0.4, -0.2) is 43.8 Å². The molecule has 1 aromatic rings. The Bertz CT molecular complexity index is 528. The van der Waals surface area contributed by atoms with E-state index in [9.17, 15) is 14.5 Å². The lowest BCUT2D eigenvalue weighted by Crippen LogP contribution is -2.39. The molecule has 0 radical (unpaired) electrons. The van der Waals surface area contributed by atoms with Gasteiger partial charge >= 0.3 is 13.8 Å². The summed E-state index contributed by atoms with van der Waals surface area (Å²) in [4.78, 5) is 27.9. The summed E-state index contributed by atoms with van der Waals surface area (Å²) in [5.74, 6) is -1.98. The van der Waals surface area contributed by atoms with E-state index in [-0.39, 0.29) is 12.2 Å². The summed E-state index contributed by atoms with van der Waals surface area (Å²) in [6.45, 7) is -0.648. The van der Waals surface area contributed by atoms with Crippen molar-refractivity contribution in [1.29, 1.82) is 0 Å². The van der Waals surface area contributed by atoms with Crippen molar-refractivity contribution in [2.75, 3.05) is 6.73 Å². The molecule has 1 atom stereocenters. The fourth-order valence-corrected chi connectivity index (χ4v) is 1.64. The number of phenols is 2. The van der Waals surface area contributed by atoms with Crippen LogP contribution in [0.25, 0.3) is 0 Å². The van der Waals surface area contributed by atoms with Crippen LogP contribution in [0.15, 0.2) is 18.2 Å². The Balaban J connectivity index is 2.65. The molecule has 0 spiro atoms. The van der Waals surface area contributed by atoms with E-state index in [0.717, 1.165) is 0 Å². The Hall–Kier alpha value is -1.64. The lowest BCUT2D eigenvalue weighted by atomic mass is 10.1. The third-order valence-electron chi connectivity index (χ3n) is 2.34. The van der Waals surface area contributed by atoms with Crippen molar-refractivity contribution in [2.24, 2.45) is 0 Å². The maximum atomic E-state index is 11.0. The minimum atomic E-state index is -4.68. The molecule has 1 aromatic carbocycles. The molecule has 0 saturated carbocycles. The van der Waals surface area contributed by atoms with Gasteiger partial charge in [0.15, 0.2) is 11.5 Å². The highest BCUT2D eigenvalue weighted by Gasteiger charge is 2.20. The zero-order valence-electron chi connectivity index (χ0n) is 10.1. The van der Waals surface area contributed by atoms with Gasteiger partial charge < -0.3 is 25.1 Å². The van der Waals surface area contributed by atoms with Crippen LogP contribution >= 0.6 is 7.82 Å². The maximum Gasteiger partial charge on any atom is 0.470 e. The third-order valence-corrected chi connectivity index (χ3v) is 2.81. The van der Waals surface area contributed by atoms with Gasteiger partial charge in [0.25, 0.3) is 0 Å². The van der Waals surface area contributed by atoms with Gasteiger partial charge in [-0.1, -0.05) is 6.07 Å². The van der Waals surface area contributed by atoms with Gasteiger partial charge in [0, 0.05) is 0 Å². The number of hydrogen-bond acceptors (Lipinski definition) is 6. The molecule has 0 aliphatic carbocycles. The van der Waals surface area contributed by atoms with Crippen LogP contribution in [0, 0.1) is 0 Å².